The molecule has 13 heavy (non-hydrogen) atoms. The Bertz CT molecular complexity index is 228. The van der Waals surface area contributed by atoms with Crippen LogP contribution in [0.3, 0.4) is 0 Å². The minimum Gasteiger partial charge on any atom is -0.741 e. The van der Waals surface area contributed by atoms with E-state index < -0.39 is 15.6 Å². The van der Waals surface area contributed by atoms with Crippen LogP contribution in [-0.4, -0.2) is 18.5 Å². The summed E-state index contributed by atoms with van der Waals surface area (Å²) >= 11 is 0. The molecule has 0 aromatic carbocycles. The molecule has 0 N–H and O–H groups in total. The Morgan fingerprint density at radius 2 is 1.54 bits per heavy atom. The van der Waals surface area contributed by atoms with E-state index in [1.54, 1.807) is 6.08 Å². The predicted molar refractivity (Wildman–Crippen MR) is 35.9 cm³/mol. The molecule has 0 bridgehead atoms. The number of hydrogen-bond donors (Lipinski definition) is 0. The van der Waals surface area contributed by atoms with Gasteiger partial charge in [-0.1, -0.05) is 0 Å². The molecule has 0 aromatic rings. The second-order valence-corrected chi connectivity index (χ2v) is 2.84. The summed E-state index contributed by atoms with van der Waals surface area (Å²) in [6.07, 6.45) is 3.64. The largest absolute Gasteiger partial charge is 2.00 e. The second-order valence-electron chi connectivity index (χ2n) is 1.47. The van der Waals surface area contributed by atoms with E-state index in [4.69, 9.17) is 13.0 Å². The van der Waals surface area contributed by atoms with Crippen molar-refractivity contribution in [1.82, 2.24) is 0 Å². The van der Waals surface area contributed by atoms with Gasteiger partial charge >= 0.3 is 25.9 Å². The predicted octanol–water partition coefficient (Wildman–Crippen LogP) is 1.45. The van der Waals surface area contributed by atoms with Crippen LogP contribution in [0.25, 0.3) is 0 Å². The average molecular weight is 311 g/mol. The molecule has 0 fully saturated rings. The van der Waals surface area contributed by atoms with Gasteiger partial charge in [-0.3, -0.25) is 0 Å². The molecular formula is C5H7F3O3PdS. The van der Waals surface area contributed by atoms with Gasteiger partial charge in [0, 0.05) is 0 Å². The van der Waals surface area contributed by atoms with Crippen molar-refractivity contribution in [3.8, 4) is 0 Å². The Kier molecular flexibility index (Phi) is 10.6. The van der Waals surface area contributed by atoms with Crippen LogP contribution in [0.15, 0.2) is 12.2 Å². The van der Waals surface area contributed by atoms with Crippen LogP contribution in [0, 0.1) is 6.92 Å². The molecule has 0 heterocycles. The van der Waals surface area contributed by atoms with Crippen molar-refractivity contribution in [1.29, 1.82) is 0 Å². The van der Waals surface area contributed by atoms with E-state index in [9.17, 15) is 13.2 Å². The molecule has 8 heteroatoms. The molecule has 3 nitrogen and oxygen atoms in total. The molecule has 0 atom stereocenters. The smallest absolute Gasteiger partial charge is 0.741 e. The molecule has 82 valence electrons. The first-order valence-electron chi connectivity index (χ1n) is 2.59. The summed E-state index contributed by atoms with van der Waals surface area (Å²) in [7, 11) is -6.09. The summed E-state index contributed by atoms with van der Waals surface area (Å²) in [5.41, 5.74) is -5.65. The number of halogens is 3. The van der Waals surface area contributed by atoms with E-state index in [0.29, 0.717) is 0 Å². The fourth-order valence-electron chi connectivity index (χ4n) is 0. The molecule has 0 saturated heterocycles. The van der Waals surface area contributed by atoms with E-state index >= 15 is 0 Å². The summed E-state index contributed by atoms with van der Waals surface area (Å²) < 4.78 is 58.9. The molecule has 0 spiro atoms. The van der Waals surface area contributed by atoms with Crippen molar-refractivity contribution in [2.24, 2.45) is 0 Å². The zero-order valence-electron chi connectivity index (χ0n) is 6.44. The maximum atomic E-state index is 10.7. The number of hydrogen-bond acceptors (Lipinski definition) is 3. The Morgan fingerprint density at radius 3 is 1.54 bits per heavy atom. The van der Waals surface area contributed by atoms with Gasteiger partial charge in [0.2, 0.25) is 0 Å². The summed E-state index contributed by atoms with van der Waals surface area (Å²) in [5, 5.41) is 0. The third-order valence-electron chi connectivity index (χ3n) is 0.519. The van der Waals surface area contributed by atoms with Crippen molar-refractivity contribution >= 4 is 10.1 Å². The number of allylic oxidation sites excluding steroid dienone is 2. The van der Waals surface area contributed by atoms with Crippen molar-refractivity contribution in [3.05, 3.63) is 19.1 Å². The molecular weight excluding hydrogens is 304 g/mol. The fourth-order valence-corrected chi connectivity index (χ4v) is 0. The fraction of sp³-hybridized carbons (Fsp3) is 0.400. The van der Waals surface area contributed by atoms with Crippen LogP contribution < -0.4 is 0 Å². The monoisotopic (exact) mass is 310 g/mol. The zero-order chi connectivity index (χ0) is 10.4. The van der Waals surface area contributed by atoms with Gasteiger partial charge in [-0.15, -0.1) is 6.92 Å². The van der Waals surface area contributed by atoms with Gasteiger partial charge in [-0.05, 0) is 0 Å². The third-order valence-corrected chi connectivity index (χ3v) is 1.09. The minimum absolute atomic E-state index is 0. The van der Waals surface area contributed by atoms with E-state index in [0.717, 1.165) is 0 Å². The first kappa shape index (κ1) is 18.7. The Labute approximate surface area is 88.4 Å². The zero-order valence-corrected chi connectivity index (χ0v) is 8.82. The second kappa shape index (κ2) is 7.38. The first-order valence-corrected chi connectivity index (χ1v) is 4.00. The third kappa shape index (κ3) is 12.0. The van der Waals surface area contributed by atoms with Gasteiger partial charge < -0.3 is 4.55 Å². The first-order chi connectivity index (χ1) is 5.16. The van der Waals surface area contributed by atoms with Gasteiger partial charge in [0.25, 0.3) is 0 Å². The van der Waals surface area contributed by atoms with Crippen LogP contribution in [-0.2, 0) is 30.5 Å². The Hall–Kier alpha value is -0.0277. The molecule has 0 unspecified atom stereocenters. The molecule has 0 aromatic heterocycles. The van der Waals surface area contributed by atoms with Crippen LogP contribution in [0.5, 0.6) is 0 Å². The van der Waals surface area contributed by atoms with Gasteiger partial charge in [-0.2, -0.15) is 13.2 Å². The maximum absolute atomic E-state index is 10.7. The van der Waals surface area contributed by atoms with Crippen LogP contribution >= 0.6 is 0 Å². The molecule has 0 amide bonds. The maximum Gasteiger partial charge on any atom is 2.00 e. The molecule has 0 rings (SSSR count). The Morgan fingerprint density at radius 1 is 1.38 bits per heavy atom. The van der Waals surface area contributed by atoms with Gasteiger partial charge in [0.1, 0.15) is 0 Å². The summed E-state index contributed by atoms with van der Waals surface area (Å²) in [6.45, 7) is 5.36. The van der Waals surface area contributed by atoms with Crippen molar-refractivity contribution in [2.45, 2.75) is 12.4 Å². The quantitative estimate of drug-likeness (QED) is 0.294. The van der Waals surface area contributed by atoms with Crippen LogP contribution in [0.2, 0.25) is 0 Å². The van der Waals surface area contributed by atoms with E-state index in [2.05, 4.69) is 6.92 Å². The summed E-state index contributed by atoms with van der Waals surface area (Å²) in [4.78, 5) is 0. The van der Waals surface area contributed by atoms with Crippen LogP contribution in [0.4, 0.5) is 13.2 Å². The summed E-state index contributed by atoms with van der Waals surface area (Å²) in [5.74, 6) is 0. The number of rotatable bonds is 0. The van der Waals surface area contributed by atoms with Crippen molar-refractivity contribution < 1.29 is 46.6 Å². The standard InChI is InChI=1S/C4H7.CHF3O3S.Pd/c1-3-4-2;2-1(3,4)8(5,6)7;/h3-4H,1H2,2H3;(H,5,6,7);/q-1;;+2/p-1. The van der Waals surface area contributed by atoms with E-state index in [-0.39, 0.29) is 20.4 Å². The van der Waals surface area contributed by atoms with Gasteiger partial charge in [-0.25, -0.2) is 27.5 Å². The van der Waals surface area contributed by atoms with E-state index in [1.807, 2.05) is 13.0 Å². The number of alkyl halides is 3. The normalized spacial score (nSPS) is 11.5. The molecule has 0 radical (unpaired) electrons. The SMILES string of the molecule is O=S(=O)([O-])C(F)(F)F.[CH2-]C=CC.[Pd+2]. The van der Waals surface area contributed by atoms with Gasteiger partial charge in [0.15, 0.2) is 10.1 Å². The minimum atomic E-state index is -6.09. The average Bonchev–Trinajstić information content (AvgIpc) is 1.84. The van der Waals surface area contributed by atoms with Gasteiger partial charge in [0.05, 0.1) is 0 Å². The topological polar surface area (TPSA) is 57.2 Å². The summed E-state index contributed by atoms with van der Waals surface area (Å²) in [6, 6.07) is 0. The Balaban J connectivity index is -0.000000173. The molecule has 0 aliphatic heterocycles. The van der Waals surface area contributed by atoms with Crippen LogP contribution in [0.1, 0.15) is 6.92 Å². The van der Waals surface area contributed by atoms with E-state index in [1.165, 1.54) is 0 Å². The van der Waals surface area contributed by atoms with Crippen molar-refractivity contribution in [3.63, 3.8) is 0 Å². The molecule has 0 aliphatic carbocycles. The molecule has 0 saturated carbocycles. The van der Waals surface area contributed by atoms with Crippen molar-refractivity contribution in [2.75, 3.05) is 0 Å². The molecule has 0 aliphatic rings.